The maximum Gasteiger partial charge on any atom is 0.238 e. The molecule has 0 radical (unpaired) electrons. The molecule has 0 bridgehead atoms. The van der Waals surface area contributed by atoms with Gasteiger partial charge in [0, 0.05) is 6.54 Å². The molecule has 0 spiro atoms. The first-order valence-corrected chi connectivity index (χ1v) is 5.82. The average molecular weight is 225 g/mol. The third kappa shape index (κ3) is 3.58. The summed E-state index contributed by atoms with van der Waals surface area (Å²) in [6.45, 7) is 0.533. The molecular weight excluding hydrogens is 214 g/mol. The smallest absolute Gasteiger partial charge is 0.238 e. The predicted molar refractivity (Wildman–Crippen MR) is 55.1 cm³/mol. The van der Waals surface area contributed by atoms with E-state index in [0.29, 0.717) is 13.0 Å². The molecule has 0 aliphatic carbocycles. The second kappa shape index (κ2) is 4.77. The molecule has 80 valence electrons. The number of nitrogens with one attached hydrogen (secondary N) is 1. The van der Waals surface area contributed by atoms with Crippen molar-refractivity contribution in [2.45, 2.75) is 11.3 Å². The number of hydrogen-bond donors (Lipinski definition) is 2. The van der Waals surface area contributed by atoms with Gasteiger partial charge in [0.2, 0.25) is 10.0 Å². The van der Waals surface area contributed by atoms with Crippen molar-refractivity contribution >= 4 is 10.0 Å². The summed E-state index contributed by atoms with van der Waals surface area (Å²) in [4.78, 5) is 0.0968. The molecule has 6 heteroatoms. The average Bonchev–Trinajstić information content (AvgIpc) is 2.18. The fourth-order valence-electron chi connectivity index (χ4n) is 1.11. The summed E-state index contributed by atoms with van der Waals surface area (Å²) in [5, 5.41) is 15.7. The van der Waals surface area contributed by atoms with Crippen LogP contribution >= 0.6 is 0 Å². The van der Waals surface area contributed by atoms with Crippen molar-refractivity contribution < 1.29 is 8.42 Å². The topological polar surface area (TPSA) is 96.0 Å². The van der Waals surface area contributed by atoms with E-state index in [1.54, 1.807) is 12.1 Å². The highest BCUT2D eigenvalue weighted by Crippen LogP contribution is 2.08. The largest absolute Gasteiger partial charge is 0.324 e. The summed E-state index contributed by atoms with van der Waals surface area (Å²) >= 11 is 0. The van der Waals surface area contributed by atoms with Crippen LogP contribution in [-0.2, 0) is 16.4 Å². The molecular formula is C9H11N3O2S. The zero-order valence-corrected chi connectivity index (χ0v) is 8.79. The predicted octanol–water partition coefficient (Wildman–Crippen LogP) is -0.0528. The molecule has 0 saturated carbocycles. The van der Waals surface area contributed by atoms with Gasteiger partial charge in [0.15, 0.2) is 6.19 Å². The number of rotatable bonds is 4. The lowest BCUT2D eigenvalue weighted by Crippen LogP contribution is -2.12. The van der Waals surface area contributed by atoms with Gasteiger partial charge in [-0.1, -0.05) is 12.1 Å². The minimum atomic E-state index is -3.61. The molecule has 3 N–H and O–H groups in total. The molecule has 0 amide bonds. The highest BCUT2D eigenvalue weighted by molar-refractivity contribution is 7.89. The lowest BCUT2D eigenvalue weighted by molar-refractivity contribution is 0.598. The van der Waals surface area contributed by atoms with Gasteiger partial charge in [-0.25, -0.2) is 13.6 Å². The Labute approximate surface area is 88.6 Å². The molecule has 1 rings (SSSR count). The normalized spacial score (nSPS) is 10.7. The molecule has 1 aromatic carbocycles. The van der Waals surface area contributed by atoms with Gasteiger partial charge in [0.1, 0.15) is 0 Å². The Kier molecular flexibility index (Phi) is 3.66. The van der Waals surface area contributed by atoms with Gasteiger partial charge in [-0.15, -0.1) is 0 Å². The zero-order valence-electron chi connectivity index (χ0n) is 7.97. The van der Waals surface area contributed by atoms with Crippen molar-refractivity contribution in [3.8, 4) is 6.19 Å². The second-order valence-corrected chi connectivity index (χ2v) is 4.54. The van der Waals surface area contributed by atoms with Gasteiger partial charge >= 0.3 is 0 Å². The van der Waals surface area contributed by atoms with Gasteiger partial charge in [0.05, 0.1) is 4.90 Å². The van der Waals surface area contributed by atoms with Crippen LogP contribution in [0.3, 0.4) is 0 Å². The van der Waals surface area contributed by atoms with Crippen LogP contribution in [0.15, 0.2) is 29.2 Å². The van der Waals surface area contributed by atoms with E-state index in [1.807, 2.05) is 6.19 Å². The zero-order chi connectivity index (χ0) is 11.3. The summed E-state index contributed by atoms with van der Waals surface area (Å²) in [7, 11) is -3.61. The molecule has 5 nitrogen and oxygen atoms in total. The van der Waals surface area contributed by atoms with Crippen LogP contribution < -0.4 is 10.5 Å². The molecule has 0 unspecified atom stereocenters. The van der Waals surface area contributed by atoms with Crippen LogP contribution in [0.5, 0.6) is 0 Å². The van der Waals surface area contributed by atoms with Crippen molar-refractivity contribution in [2.75, 3.05) is 6.54 Å². The molecule has 15 heavy (non-hydrogen) atoms. The molecule has 0 atom stereocenters. The minimum Gasteiger partial charge on any atom is -0.324 e. The Morgan fingerprint density at radius 1 is 1.33 bits per heavy atom. The van der Waals surface area contributed by atoms with Crippen LogP contribution in [0.25, 0.3) is 0 Å². The summed E-state index contributed by atoms with van der Waals surface area (Å²) in [6.07, 6.45) is 2.47. The Morgan fingerprint density at radius 2 is 1.93 bits per heavy atom. The van der Waals surface area contributed by atoms with Crippen molar-refractivity contribution in [2.24, 2.45) is 5.14 Å². The highest BCUT2D eigenvalue weighted by atomic mass is 32.2. The first-order chi connectivity index (χ1) is 7.04. The summed E-state index contributed by atoms with van der Waals surface area (Å²) in [5.74, 6) is 0. The number of nitriles is 1. The summed E-state index contributed by atoms with van der Waals surface area (Å²) < 4.78 is 21.9. The van der Waals surface area contributed by atoms with E-state index in [-0.39, 0.29) is 4.90 Å². The van der Waals surface area contributed by atoms with Gasteiger partial charge in [-0.3, -0.25) is 0 Å². The van der Waals surface area contributed by atoms with E-state index < -0.39 is 10.0 Å². The van der Waals surface area contributed by atoms with E-state index in [0.717, 1.165) is 5.56 Å². The molecule has 0 aromatic heterocycles. The Morgan fingerprint density at radius 3 is 2.40 bits per heavy atom. The Balaban J connectivity index is 2.70. The number of nitrogens with zero attached hydrogens (tertiary/aromatic N) is 1. The van der Waals surface area contributed by atoms with Gasteiger partial charge in [0.25, 0.3) is 0 Å². The van der Waals surface area contributed by atoms with E-state index in [1.165, 1.54) is 12.1 Å². The first kappa shape index (κ1) is 11.5. The van der Waals surface area contributed by atoms with E-state index in [2.05, 4.69) is 5.32 Å². The maximum atomic E-state index is 10.9. The fraction of sp³-hybridized carbons (Fsp3) is 0.222. The molecule has 0 fully saturated rings. The lowest BCUT2D eigenvalue weighted by atomic mass is 10.1. The summed E-state index contributed by atoms with van der Waals surface area (Å²) in [6, 6.07) is 6.27. The molecule has 0 aliphatic heterocycles. The monoisotopic (exact) mass is 225 g/mol. The third-order valence-corrected chi connectivity index (χ3v) is 2.80. The Hall–Kier alpha value is -1.58. The molecule has 0 saturated heterocycles. The standard InChI is InChI=1S/C9H11N3O2S/c10-7-12-6-5-8-1-3-9(4-2-8)15(11,13)14/h1-4,12H,5-6H2,(H2,11,13,14). The van der Waals surface area contributed by atoms with Crippen LogP contribution in [0.4, 0.5) is 0 Å². The van der Waals surface area contributed by atoms with Gasteiger partial charge in [-0.2, -0.15) is 5.26 Å². The first-order valence-electron chi connectivity index (χ1n) is 4.28. The second-order valence-electron chi connectivity index (χ2n) is 2.98. The number of sulfonamides is 1. The van der Waals surface area contributed by atoms with Crippen LogP contribution in [-0.4, -0.2) is 15.0 Å². The van der Waals surface area contributed by atoms with Crippen molar-refractivity contribution in [1.29, 1.82) is 5.26 Å². The molecule has 0 heterocycles. The fourth-order valence-corrected chi connectivity index (χ4v) is 1.62. The third-order valence-electron chi connectivity index (χ3n) is 1.87. The van der Waals surface area contributed by atoms with Crippen LogP contribution in [0.2, 0.25) is 0 Å². The Bertz CT molecular complexity index is 459. The van der Waals surface area contributed by atoms with Gasteiger partial charge in [-0.05, 0) is 24.1 Å². The SMILES string of the molecule is N#CNCCc1ccc(S(N)(=O)=O)cc1. The number of primary sulfonamides is 1. The van der Waals surface area contributed by atoms with Crippen molar-refractivity contribution in [1.82, 2.24) is 5.32 Å². The number of benzene rings is 1. The van der Waals surface area contributed by atoms with Crippen LogP contribution in [0, 0.1) is 11.5 Å². The van der Waals surface area contributed by atoms with E-state index in [9.17, 15) is 8.42 Å². The van der Waals surface area contributed by atoms with Crippen molar-refractivity contribution in [3.63, 3.8) is 0 Å². The van der Waals surface area contributed by atoms with Crippen molar-refractivity contribution in [3.05, 3.63) is 29.8 Å². The van der Waals surface area contributed by atoms with Gasteiger partial charge < -0.3 is 5.32 Å². The number of nitrogens with two attached hydrogens (primary N) is 1. The highest BCUT2D eigenvalue weighted by Gasteiger charge is 2.06. The molecule has 1 aromatic rings. The van der Waals surface area contributed by atoms with E-state index >= 15 is 0 Å². The summed E-state index contributed by atoms with van der Waals surface area (Å²) in [5.41, 5.74) is 0.949. The van der Waals surface area contributed by atoms with Crippen LogP contribution in [0.1, 0.15) is 5.56 Å². The van der Waals surface area contributed by atoms with E-state index in [4.69, 9.17) is 10.4 Å². The number of hydrogen-bond acceptors (Lipinski definition) is 4. The quantitative estimate of drug-likeness (QED) is 0.426. The lowest BCUT2D eigenvalue weighted by Gasteiger charge is -2.01. The molecule has 0 aliphatic rings. The maximum absolute atomic E-state index is 10.9. The minimum absolute atomic E-state index is 0.0968.